The molecule has 7 nitrogen and oxygen atoms in total. The van der Waals surface area contributed by atoms with E-state index in [9.17, 15) is 13.2 Å². The number of hydrogen-bond donors (Lipinski definition) is 1. The summed E-state index contributed by atoms with van der Waals surface area (Å²) in [5, 5.41) is 2.44. The summed E-state index contributed by atoms with van der Waals surface area (Å²) in [7, 11) is -2.73. The van der Waals surface area contributed by atoms with E-state index in [2.05, 4.69) is 10.3 Å². The van der Waals surface area contributed by atoms with Gasteiger partial charge >= 0.3 is 10.1 Å². The van der Waals surface area contributed by atoms with Crippen molar-refractivity contribution in [3.05, 3.63) is 45.2 Å². The smallest absolute Gasteiger partial charge is 0.357 e. The Kier molecular flexibility index (Phi) is 4.15. The first-order valence-corrected chi connectivity index (χ1v) is 8.96. The topological polar surface area (TPSA) is 94.6 Å². The molecule has 0 saturated carbocycles. The van der Waals surface area contributed by atoms with Gasteiger partial charge in [0.15, 0.2) is 16.5 Å². The average molecular weight is 446 g/mol. The molecular weight excluding hydrogens is 435 g/mol. The molecule has 2 aromatic rings. The molecule has 1 aromatic carbocycles. The van der Waals surface area contributed by atoms with Crippen molar-refractivity contribution in [2.45, 2.75) is 11.6 Å². The minimum atomic E-state index is -4.13. The van der Waals surface area contributed by atoms with E-state index in [4.69, 9.17) is 8.92 Å². The normalized spacial score (nSPS) is 13.4. The van der Waals surface area contributed by atoms with Gasteiger partial charge in [0.2, 0.25) is 0 Å². The van der Waals surface area contributed by atoms with E-state index in [1.165, 1.54) is 19.4 Å². The van der Waals surface area contributed by atoms with E-state index in [-0.39, 0.29) is 29.0 Å². The lowest BCUT2D eigenvalue weighted by Gasteiger charge is -2.14. The van der Waals surface area contributed by atoms with E-state index >= 15 is 0 Å². The number of pyridine rings is 1. The highest BCUT2D eigenvalue weighted by atomic mass is 127. The van der Waals surface area contributed by atoms with Gasteiger partial charge in [0.05, 0.1) is 12.7 Å². The molecule has 0 fully saturated rings. The third-order valence-corrected chi connectivity index (χ3v) is 5.25. The summed E-state index contributed by atoms with van der Waals surface area (Å²) in [5.74, 6) is -0.0248. The van der Waals surface area contributed by atoms with Crippen LogP contribution in [0.5, 0.6) is 11.5 Å². The summed E-state index contributed by atoms with van der Waals surface area (Å²) >= 11 is 2.00. The Morgan fingerprint density at radius 1 is 1.35 bits per heavy atom. The summed E-state index contributed by atoms with van der Waals surface area (Å²) in [4.78, 5) is 15.7. The third kappa shape index (κ3) is 2.85. The van der Waals surface area contributed by atoms with Crippen molar-refractivity contribution in [1.82, 2.24) is 10.3 Å². The number of nitrogens with zero attached hydrogens (tertiary/aromatic N) is 1. The fourth-order valence-electron chi connectivity index (χ4n) is 2.22. The van der Waals surface area contributed by atoms with Gasteiger partial charge < -0.3 is 14.2 Å². The number of hydrogen-bond acceptors (Lipinski definition) is 6. The number of carbonyl (C=O) groups is 1. The van der Waals surface area contributed by atoms with Crippen molar-refractivity contribution < 1.29 is 22.1 Å². The number of halogens is 1. The Bertz CT molecular complexity index is 884. The monoisotopic (exact) mass is 446 g/mol. The zero-order valence-corrected chi connectivity index (χ0v) is 14.8. The van der Waals surface area contributed by atoms with Crippen LogP contribution in [-0.2, 0) is 16.7 Å². The number of carbonyl (C=O) groups excluding carboxylic acids is 1. The number of ether oxygens (including phenoxy) is 1. The Morgan fingerprint density at radius 2 is 2.13 bits per heavy atom. The van der Waals surface area contributed by atoms with E-state index in [0.29, 0.717) is 14.7 Å². The van der Waals surface area contributed by atoms with Gasteiger partial charge in [-0.3, -0.25) is 4.79 Å². The van der Waals surface area contributed by atoms with E-state index in [1.807, 2.05) is 22.6 Å². The molecule has 9 heteroatoms. The number of benzene rings is 1. The van der Waals surface area contributed by atoms with Gasteiger partial charge in [-0.2, -0.15) is 8.42 Å². The zero-order valence-electron chi connectivity index (χ0n) is 11.9. The molecule has 1 aliphatic rings. The first-order chi connectivity index (χ1) is 10.9. The Morgan fingerprint density at radius 3 is 2.78 bits per heavy atom. The summed E-state index contributed by atoms with van der Waals surface area (Å²) in [5.41, 5.74) is 0.857. The molecule has 0 atom stereocenters. The van der Waals surface area contributed by atoms with Gasteiger partial charge in [-0.15, -0.1) is 0 Å². The van der Waals surface area contributed by atoms with Gasteiger partial charge in [-0.1, -0.05) is 6.07 Å². The first-order valence-electron chi connectivity index (χ1n) is 6.47. The first kappa shape index (κ1) is 16.0. The maximum Gasteiger partial charge on any atom is 0.357 e. The minimum Gasteiger partial charge on any atom is -0.493 e. The molecule has 0 saturated heterocycles. The maximum absolute atomic E-state index is 12.4. The van der Waals surface area contributed by atoms with Crippen LogP contribution in [-0.4, -0.2) is 26.4 Å². The highest BCUT2D eigenvalue weighted by molar-refractivity contribution is 14.1. The number of methoxy groups -OCH3 is 1. The van der Waals surface area contributed by atoms with Crippen LogP contribution in [0.4, 0.5) is 0 Å². The fourth-order valence-corrected chi connectivity index (χ4v) is 4.00. The third-order valence-electron chi connectivity index (χ3n) is 3.26. The maximum atomic E-state index is 12.4. The molecule has 23 heavy (non-hydrogen) atoms. The van der Waals surface area contributed by atoms with Crippen LogP contribution in [0.25, 0.3) is 0 Å². The molecule has 1 aliphatic heterocycles. The van der Waals surface area contributed by atoms with Gasteiger partial charge in [0.1, 0.15) is 0 Å². The van der Waals surface area contributed by atoms with Crippen LogP contribution in [0, 0.1) is 3.57 Å². The predicted octanol–water partition coefficient (Wildman–Crippen LogP) is 1.71. The van der Waals surface area contributed by atoms with Crippen LogP contribution in [0.15, 0.2) is 35.5 Å². The molecule has 1 amide bonds. The summed E-state index contributed by atoms with van der Waals surface area (Å²) in [6.07, 6.45) is 1.36. The van der Waals surface area contributed by atoms with Gasteiger partial charge in [0, 0.05) is 21.9 Å². The molecule has 120 valence electrons. The SMILES string of the molecule is COc1cc(I)c2c(c1OS(=O)(=O)c1ccccn1)CNC2=O. The van der Waals surface area contributed by atoms with E-state index in [0.717, 1.165) is 0 Å². The molecule has 0 spiro atoms. The molecule has 2 heterocycles. The lowest BCUT2D eigenvalue weighted by atomic mass is 10.1. The number of rotatable bonds is 4. The largest absolute Gasteiger partial charge is 0.493 e. The Labute approximate surface area is 146 Å². The van der Waals surface area contributed by atoms with Crippen molar-refractivity contribution in [3.63, 3.8) is 0 Å². The molecule has 0 radical (unpaired) electrons. The average Bonchev–Trinajstić information content (AvgIpc) is 2.93. The number of amides is 1. The number of fused-ring (bicyclic) bond motifs is 1. The van der Waals surface area contributed by atoms with Gasteiger partial charge in [-0.05, 0) is 40.8 Å². The molecule has 0 unspecified atom stereocenters. The summed E-state index contributed by atoms with van der Waals surface area (Å²) in [6, 6.07) is 6.04. The van der Waals surface area contributed by atoms with E-state index in [1.54, 1.807) is 18.2 Å². The predicted molar refractivity (Wildman–Crippen MR) is 88.9 cm³/mol. The second-order valence-corrected chi connectivity index (χ2v) is 7.29. The molecule has 1 N–H and O–H groups in total. The Balaban J connectivity index is 2.12. The van der Waals surface area contributed by atoms with Crippen LogP contribution in [0.3, 0.4) is 0 Å². The second-order valence-electron chi connectivity index (χ2n) is 4.63. The molecule has 0 bridgehead atoms. The Hall–Kier alpha value is -1.88. The highest BCUT2D eigenvalue weighted by Gasteiger charge is 2.31. The number of aromatic nitrogens is 1. The molecular formula is C14H11IN2O5S. The molecule has 0 aliphatic carbocycles. The van der Waals surface area contributed by atoms with Crippen LogP contribution < -0.4 is 14.2 Å². The van der Waals surface area contributed by atoms with Crippen molar-refractivity contribution in [1.29, 1.82) is 0 Å². The summed E-state index contributed by atoms with van der Waals surface area (Å²) in [6.45, 7) is 0.175. The quantitative estimate of drug-likeness (QED) is 0.568. The summed E-state index contributed by atoms with van der Waals surface area (Å²) < 4.78 is 35.9. The zero-order chi connectivity index (χ0) is 16.6. The highest BCUT2D eigenvalue weighted by Crippen LogP contribution is 2.40. The van der Waals surface area contributed by atoms with Crippen molar-refractivity contribution in [2.75, 3.05) is 7.11 Å². The fraction of sp³-hybridized carbons (Fsp3) is 0.143. The van der Waals surface area contributed by atoms with Crippen LogP contribution in [0.2, 0.25) is 0 Å². The lowest BCUT2D eigenvalue weighted by molar-refractivity contribution is 0.0965. The van der Waals surface area contributed by atoms with E-state index < -0.39 is 10.1 Å². The minimum absolute atomic E-state index is 0.00641. The van der Waals surface area contributed by atoms with Crippen LogP contribution in [0.1, 0.15) is 15.9 Å². The number of nitrogens with one attached hydrogen (secondary N) is 1. The van der Waals surface area contributed by atoms with Crippen LogP contribution >= 0.6 is 22.6 Å². The van der Waals surface area contributed by atoms with Gasteiger partial charge in [0.25, 0.3) is 5.91 Å². The van der Waals surface area contributed by atoms with Crippen molar-refractivity contribution >= 4 is 38.6 Å². The molecule has 3 rings (SSSR count). The second kappa shape index (κ2) is 5.96. The van der Waals surface area contributed by atoms with Gasteiger partial charge in [-0.25, -0.2) is 4.98 Å². The molecule has 1 aromatic heterocycles. The lowest BCUT2D eigenvalue weighted by Crippen LogP contribution is -2.13. The van der Waals surface area contributed by atoms with Crippen molar-refractivity contribution in [2.24, 2.45) is 0 Å². The standard InChI is InChI=1S/C14H11IN2O5S/c1-21-10-6-9(15)12-8(7-17-14(12)18)13(10)22-23(19,20)11-4-2-3-5-16-11/h2-6H,7H2,1H3,(H,17,18). The van der Waals surface area contributed by atoms with Crippen molar-refractivity contribution in [3.8, 4) is 11.5 Å².